The number of hydroxylamine groups is 1. The van der Waals surface area contributed by atoms with Gasteiger partial charge in [-0.05, 0) is 12.1 Å². The molecule has 2 N–H and O–H groups in total. The summed E-state index contributed by atoms with van der Waals surface area (Å²) in [6.45, 7) is 6.14. The van der Waals surface area contributed by atoms with Crippen LogP contribution in [-0.4, -0.2) is 107 Å². The van der Waals surface area contributed by atoms with Crippen LogP contribution in [0.25, 0.3) is 32.5 Å². The van der Waals surface area contributed by atoms with Gasteiger partial charge < -0.3 is 9.64 Å². The first-order valence-electron chi connectivity index (χ1n) is 13.5. The second kappa shape index (κ2) is 11.6. The molecule has 3 aromatic heterocycles. The van der Waals surface area contributed by atoms with E-state index in [0.29, 0.717) is 51.8 Å². The first-order chi connectivity index (χ1) is 19.8. The number of hydrogen-bond donors (Lipinski definition) is 2. The highest BCUT2D eigenvalue weighted by molar-refractivity contribution is 7.88. The predicted molar refractivity (Wildman–Crippen MR) is 155 cm³/mol. The maximum absolute atomic E-state index is 11.9. The SMILES string of the molecule is CS(=O)(=O)N1CCN(Cc2cc3nc(-c4cccc5nn(CCC(=O)NO)cc45)nc(N4CCOCC4)c3s2)CC1. The molecule has 4 aromatic rings. The van der Waals surface area contributed by atoms with Crippen molar-refractivity contribution >= 4 is 54.2 Å². The summed E-state index contributed by atoms with van der Waals surface area (Å²) in [5.74, 6) is 1.01. The van der Waals surface area contributed by atoms with E-state index < -0.39 is 15.9 Å². The van der Waals surface area contributed by atoms with Crippen LogP contribution in [0.15, 0.2) is 30.5 Å². The molecule has 0 aliphatic carbocycles. The number of amides is 1. The van der Waals surface area contributed by atoms with Gasteiger partial charge in [0.25, 0.3) is 0 Å². The first kappa shape index (κ1) is 27.9. The van der Waals surface area contributed by atoms with E-state index in [4.69, 9.17) is 19.9 Å². The van der Waals surface area contributed by atoms with Crippen LogP contribution in [0.5, 0.6) is 0 Å². The van der Waals surface area contributed by atoms with Gasteiger partial charge in [0, 0.05) is 80.8 Å². The Bertz CT molecular complexity index is 1670. The van der Waals surface area contributed by atoms with Crippen LogP contribution < -0.4 is 10.4 Å². The molecule has 6 rings (SSSR count). The van der Waals surface area contributed by atoms with Gasteiger partial charge in [-0.15, -0.1) is 11.3 Å². The van der Waals surface area contributed by atoms with Crippen molar-refractivity contribution in [3.8, 4) is 11.4 Å². The molecule has 2 fully saturated rings. The van der Waals surface area contributed by atoms with Crippen LogP contribution in [0.2, 0.25) is 0 Å². The predicted octanol–water partition coefficient (Wildman–Crippen LogP) is 1.52. The number of morpholine rings is 1. The van der Waals surface area contributed by atoms with Gasteiger partial charge in [0.05, 0.1) is 35.2 Å². The summed E-state index contributed by atoms with van der Waals surface area (Å²) in [5, 5.41) is 14.3. The molecule has 5 heterocycles. The van der Waals surface area contributed by atoms with Crippen LogP contribution in [0.3, 0.4) is 0 Å². The number of ether oxygens (including phenoxy) is 1. The molecule has 0 bridgehead atoms. The summed E-state index contributed by atoms with van der Waals surface area (Å²) in [6, 6.07) is 7.93. The lowest BCUT2D eigenvalue weighted by Gasteiger charge is -2.32. The monoisotopic (exact) mass is 600 g/mol. The van der Waals surface area contributed by atoms with E-state index in [2.05, 4.69) is 21.0 Å². The Balaban J connectivity index is 1.34. The number of carbonyl (C=O) groups excluding carboxylic acids is 1. The molecule has 2 saturated heterocycles. The number of fused-ring (bicyclic) bond motifs is 2. The summed E-state index contributed by atoms with van der Waals surface area (Å²) in [4.78, 5) is 27.3. The average Bonchev–Trinajstić information content (AvgIpc) is 3.59. The Labute approximate surface area is 241 Å². The third-order valence-corrected chi connectivity index (χ3v) is 9.83. The molecule has 0 radical (unpaired) electrons. The summed E-state index contributed by atoms with van der Waals surface area (Å²) in [5.41, 5.74) is 4.14. The molecule has 1 amide bonds. The Hall–Kier alpha value is -3.21. The number of sulfonamides is 1. The van der Waals surface area contributed by atoms with E-state index in [1.54, 1.807) is 21.5 Å². The van der Waals surface area contributed by atoms with E-state index in [9.17, 15) is 13.2 Å². The summed E-state index contributed by atoms with van der Waals surface area (Å²) < 4.78 is 33.7. The van der Waals surface area contributed by atoms with Gasteiger partial charge in [-0.1, -0.05) is 12.1 Å². The molecule has 41 heavy (non-hydrogen) atoms. The summed E-state index contributed by atoms with van der Waals surface area (Å²) in [7, 11) is -3.17. The fourth-order valence-electron chi connectivity index (χ4n) is 5.27. The van der Waals surface area contributed by atoms with Gasteiger partial charge in [-0.25, -0.2) is 23.9 Å². The molecular weight excluding hydrogens is 568 g/mol. The van der Waals surface area contributed by atoms with Gasteiger partial charge in [-0.2, -0.15) is 9.40 Å². The van der Waals surface area contributed by atoms with Gasteiger partial charge in [0.1, 0.15) is 0 Å². The minimum atomic E-state index is -3.17. The lowest BCUT2D eigenvalue weighted by molar-refractivity contribution is -0.129. The highest BCUT2D eigenvalue weighted by Crippen LogP contribution is 2.36. The average molecular weight is 601 g/mol. The highest BCUT2D eigenvalue weighted by Gasteiger charge is 2.25. The number of anilines is 1. The molecule has 0 atom stereocenters. The highest BCUT2D eigenvalue weighted by atomic mass is 32.2. The number of aromatic nitrogens is 4. The third-order valence-electron chi connectivity index (χ3n) is 7.43. The van der Waals surface area contributed by atoms with E-state index >= 15 is 0 Å². The molecule has 0 unspecified atom stereocenters. The number of piperazine rings is 1. The van der Waals surface area contributed by atoms with E-state index in [-0.39, 0.29) is 6.42 Å². The maximum Gasteiger partial charge on any atom is 0.245 e. The zero-order valence-corrected chi connectivity index (χ0v) is 24.3. The van der Waals surface area contributed by atoms with Gasteiger partial charge in [0.15, 0.2) is 11.6 Å². The molecule has 0 spiro atoms. The Morgan fingerprint density at radius 3 is 2.61 bits per heavy atom. The van der Waals surface area contributed by atoms with Crippen LogP contribution in [0.4, 0.5) is 5.82 Å². The maximum atomic E-state index is 11.9. The zero-order valence-electron chi connectivity index (χ0n) is 22.7. The standard InChI is InChI=1S/C26H32N8O5S2/c1-41(37,38)34-9-7-31(8-10-34)16-18-15-22-24(40-18)26(32-11-13-39-14-12-32)28-25(27-22)19-3-2-4-21-20(19)17-33(29-21)6-5-23(35)30-36/h2-4,15,17,36H,5-14,16H2,1H3,(H,30,35). The van der Waals surface area contributed by atoms with Gasteiger partial charge >= 0.3 is 0 Å². The number of thiophene rings is 1. The number of nitrogens with one attached hydrogen (secondary N) is 1. The van der Waals surface area contributed by atoms with Crippen molar-refractivity contribution in [3.63, 3.8) is 0 Å². The van der Waals surface area contributed by atoms with Crippen molar-refractivity contribution in [2.45, 2.75) is 19.5 Å². The molecule has 218 valence electrons. The number of rotatable bonds is 8. The molecule has 13 nitrogen and oxygen atoms in total. The third kappa shape index (κ3) is 6.05. The van der Waals surface area contributed by atoms with Crippen molar-refractivity contribution in [1.82, 2.24) is 34.4 Å². The first-order valence-corrected chi connectivity index (χ1v) is 16.1. The number of benzene rings is 1. The normalized spacial score (nSPS) is 17.5. The van der Waals surface area contributed by atoms with E-state index in [0.717, 1.165) is 57.0 Å². The van der Waals surface area contributed by atoms with Crippen molar-refractivity contribution < 1.29 is 23.2 Å². The summed E-state index contributed by atoms with van der Waals surface area (Å²) in [6.07, 6.45) is 3.25. The second-order valence-corrected chi connectivity index (χ2v) is 13.4. The number of aryl methyl sites for hydroxylation is 1. The van der Waals surface area contributed by atoms with Crippen LogP contribution in [0.1, 0.15) is 11.3 Å². The van der Waals surface area contributed by atoms with E-state index in [1.807, 2.05) is 24.4 Å². The summed E-state index contributed by atoms with van der Waals surface area (Å²) >= 11 is 1.68. The quantitative estimate of drug-likeness (QED) is 0.225. The molecule has 2 aliphatic heterocycles. The van der Waals surface area contributed by atoms with Crippen LogP contribution in [-0.2, 0) is 32.6 Å². The van der Waals surface area contributed by atoms with Crippen LogP contribution in [0, 0.1) is 0 Å². The smallest absolute Gasteiger partial charge is 0.245 e. The number of nitrogens with zero attached hydrogens (tertiary/aromatic N) is 7. The molecule has 15 heteroatoms. The Morgan fingerprint density at radius 2 is 1.88 bits per heavy atom. The van der Waals surface area contributed by atoms with Crippen molar-refractivity contribution in [3.05, 3.63) is 35.3 Å². The lowest BCUT2D eigenvalue weighted by Crippen LogP contribution is -2.47. The van der Waals surface area contributed by atoms with Crippen molar-refractivity contribution in [2.75, 3.05) is 63.6 Å². The topological polar surface area (TPSA) is 146 Å². The van der Waals surface area contributed by atoms with Gasteiger partial charge in [-0.3, -0.25) is 19.6 Å². The Morgan fingerprint density at radius 1 is 1.10 bits per heavy atom. The van der Waals surface area contributed by atoms with Crippen molar-refractivity contribution in [1.29, 1.82) is 0 Å². The largest absolute Gasteiger partial charge is 0.378 e. The minimum Gasteiger partial charge on any atom is -0.378 e. The number of carbonyl (C=O) groups is 1. The molecule has 2 aliphatic rings. The second-order valence-electron chi connectivity index (χ2n) is 10.3. The van der Waals surface area contributed by atoms with E-state index in [1.165, 1.54) is 10.6 Å². The lowest BCUT2D eigenvalue weighted by atomic mass is 10.1. The minimum absolute atomic E-state index is 0.102. The van der Waals surface area contributed by atoms with Gasteiger partial charge in [0.2, 0.25) is 15.9 Å². The Kier molecular flexibility index (Phi) is 7.89. The molecule has 0 saturated carbocycles. The van der Waals surface area contributed by atoms with Crippen molar-refractivity contribution in [2.24, 2.45) is 0 Å². The zero-order chi connectivity index (χ0) is 28.6. The van der Waals surface area contributed by atoms with Crippen LogP contribution >= 0.6 is 11.3 Å². The fourth-order valence-corrected chi connectivity index (χ4v) is 7.25. The molecular formula is C26H32N8O5S2. The fraction of sp³-hybridized carbons (Fsp3) is 0.462. The number of hydrogen-bond acceptors (Lipinski definition) is 11. The molecule has 1 aromatic carbocycles.